The number of rotatable bonds is 6. The van der Waals surface area contributed by atoms with Crippen molar-refractivity contribution in [2.75, 3.05) is 20.7 Å². The van der Waals surface area contributed by atoms with Crippen LogP contribution in [0, 0.1) is 12.3 Å². The zero-order valence-corrected chi connectivity index (χ0v) is 17.1. The summed E-state index contributed by atoms with van der Waals surface area (Å²) in [5.74, 6) is 1.81. The number of hydrogen-bond acceptors (Lipinski definition) is 2. The van der Waals surface area contributed by atoms with Gasteiger partial charge >= 0.3 is 0 Å². The van der Waals surface area contributed by atoms with Gasteiger partial charge < -0.3 is 15.4 Å². The lowest BCUT2D eigenvalue weighted by Crippen LogP contribution is -2.46. The average molecular weight is 431 g/mol. The van der Waals surface area contributed by atoms with Crippen molar-refractivity contribution in [2.24, 2.45) is 10.4 Å². The van der Waals surface area contributed by atoms with E-state index in [2.05, 4.69) is 47.7 Å². The molecular formula is C18H30IN3O. The molecule has 5 heteroatoms. The van der Waals surface area contributed by atoms with Gasteiger partial charge in [-0.2, -0.15) is 0 Å². The molecule has 23 heavy (non-hydrogen) atoms. The molecule has 0 amide bonds. The van der Waals surface area contributed by atoms with Crippen LogP contribution in [0.3, 0.4) is 0 Å². The van der Waals surface area contributed by atoms with E-state index in [1.54, 1.807) is 7.11 Å². The van der Waals surface area contributed by atoms with E-state index in [1.165, 1.54) is 31.2 Å². The van der Waals surface area contributed by atoms with Crippen LogP contribution < -0.4 is 15.4 Å². The maximum Gasteiger partial charge on any atom is 0.191 e. The minimum Gasteiger partial charge on any atom is -0.496 e. The van der Waals surface area contributed by atoms with E-state index in [0.29, 0.717) is 5.41 Å². The SMILES string of the molecule is CCC1(CNC(=NC)NCc2ccc(C)c(OC)c2)CCC1.I. The highest BCUT2D eigenvalue weighted by molar-refractivity contribution is 14.0. The Morgan fingerprint density at radius 3 is 2.57 bits per heavy atom. The Morgan fingerprint density at radius 1 is 1.30 bits per heavy atom. The maximum atomic E-state index is 5.37. The molecule has 0 aromatic heterocycles. The Balaban J connectivity index is 0.00000264. The Bertz CT molecular complexity index is 521. The van der Waals surface area contributed by atoms with Crippen molar-refractivity contribution in [1.29, 1.82) is 0 Å². The van der Waals surface area contributed by atoms with Crippen LogP contribution in [0.2, 0.25) is 0 Å². The number of benzene rings is 1. The largest absolute Gasteiger partial charge is 0.496 e. The number of methoxy groups -OCH3 is 1. The summed E-state index contributed by atoms with van der Waals surface area (Å²) in [4.78, 5) is 4.32. The molecule has 130 valence electrons. The third-order valence-corrected chi connectivity index (χ3v) is 4.95. The highest BCUT2D eigenvalue weighted by Gasteiger charge is 2.34. The van der Waals surface area contributed by atoms with Gasteiger partial charge in [0.25, 0.3) is 0 Å². The number of aryl methyl sites for hydroxylation is 1. The summed E-state index contributed by atoms with van der Waals surface area (Å²) in [7, 11) is 3.54. The second-order valence-electron chi connectivity index (χ2n) is 6.29. The number of halogens is 1. The van der Waals surface area contributed by atoms with Crippen molar-refractivity contribution < 1.29 is 4.74 Å². The molecule has 0 radical (unpaired) electrons. The van der Waals surface area contributed by atoms with Gasteiger partial charge in [0.05, 0.1) is 7.11 Å². The quantitative estimate of drug-likeness (QED) is 0.409. The van der Waals surface area contributed by atoms with Gasteiger partial charge in [-0.25, -0.2) is 0 Å². The molecule has 0 heterocycles. The summed E-state index contributed by atoms with van der Waals surface area (Å²) in [5.41, 5.74) is 2.84. The number of hydrogen-bond donors (Lipinski definition) is 2. The van der Waals surface area contributed by atoms with Crippen LogP contribution in [0.1, 0.15) is 43.7 Å². The van der Waals surface area contributed by atoms with Gasteiger partial charge in [-0.1, -0.05) is 25.5 Å². The molecule has 1 fully saturated rings. The van der Waals surface area contributed by atoms with Crippen LogP contribution in [0.5, 0.6) is 5.75 Å². The topological polar surface area (TPSA) is 45.7 Å². The van der Waals surface area contributed by atoms with Gasteiger partial charge in [0.1, 0.15) is 5.75 Å². The second-order valence-corrected chi connectivity index (χ2v) is 6.29. The van der Waals surface area contributed by atoms with Gasteiger partial charge in [-0.05, 0) is 48.8 Å². The van der Waals surface area contributed by atoms with Crippen molar-refractivity contribution in [3.05, 3.63) is 29.3 Å². The lowest BCUT2D eigenvalue weighted by molar-refractivity contribution is 0.131. The van der Waals surface area contributed by atoms with Crippen molar-refractivity contribution in [2.45, 2.75) is 46.1 Å². The molecule has 2 N–H and O–H groups in total. The molecule has 0 spiro atoms. The van der Waals surface area contributed by atoms with E-state index in [1.807, 2.05) is 7.05 Å². The Morgan fingerprint density at radius 2 is 2.04 bits per heavy atom. The van der Waals surface area contributed by atoms with E-state index in [-0.39, 0.29) is 24.0 Å². The molecule has 0 bridgehead atoms. The van der Waals surface area contributed by atoms with Crippen molar-refractivity contribution in [1.82, 2.24) is 10.6 Å². The third-order valence-electron chi connectivity index (χ3n) is 4.95. The molecule has 0 saturated heterocycles. The van der Waals surface area contributed by atoms with Crippen molar-refractivity contribution >= 4 is 29.9 Å². The first-order chi connectivity index (χ1) is 10.6. The zero-order chi connectivity index (χ0) is 16.0. The van der Waals surface area contributed by atoms with Crippen LogP contribution >= 0.6 is 24.0 Å². The third kappa shape index (κ3) is 5.26. The molecule has 2 rings (SSSR count). The minimum atomic E-state index is 0. The van der Waals surface area contributed by atoms with Crippen LogP contribution in [0.4, 0.5) is 0 Å². The van der Waals surface area contributed by atoms with Crippen LogP contribution in [0.15, 0.2) is 23.2 Å². The minimum absolute atomic E-state index is 0. The number of guanidine groups is 1. The molecule has 1 aromatic carbocycles. The standard InChI is InChI=1S/C18H29N3O.HI/c1-5-18(9-6-10-18)13-21-17(19-3)20-12-15-8-7-14(2)16(11-15)22-4;/h7-8,11H,5-6,9-10,12-13H2,1-4H3,(H2,19,20,21);1H. The highest BCUT2D eigenvalue weighted by atomic mass is 127. The van der Waals surface area contributed by atoms with Crippen LogP contribution in [0.25, 0.3) is 0 Å². The molecule has 4 nitrogen and oxygen atoms in total. The van der Waals surface area contributed by atoms with E-state index in [0.717, 1.165) is 30.4 Å². The summed E-state index contributed by atoms with van der Waals surface area (Å²) in [6.45, 7) is 6.10. The monoisotopic (exact) mass is 431 g/mol. The summed E-state index contributed by atoms with van der Waals surface area (Å²) in [5, 5.41) is 6.87. The van der Waals surface area contributed by atoms with Gasteiger partial charge in [0.15, 0.2) is 5.96 Å². The molecule has 0 unspecified atom stereocenters. The van der Waals surface area contributed by atoms with E-state index >= 15 is 0 Å². The number of nitrogens with one attached hydrogen (secondary N) is 2. The highest BCUT2D eigenvalue weighted by Crippen LogP contribution is 2.42. The molecule has 1 aromatic rings. The fourth-order valence-corrected chi connectivity index (χ4v) is 2.98. The number of aliphatic imine (C=N–C) groups is 1. The van der Waals surface area contributed by atoms with Crippen LogP contribution in [-0.4, -0.2) is 26.7 Å². The fourth-order valence-electron chi connectivity index (χ4n) is 2.98. The van der Waals surface area contributed by atoms with E-state index in [4.69, 9.17) is 4.74 Å². The van der Waals surface area contributed by atoms with Crippen molar-refractivity contribution in [3.63, 3.8) is 0 Å². The van der Waals surface area contributed by atoms with Crippen LogP contribution in [-0.2, 0) is 6.54 Å². The first kappa shape index (κ1) is 20.1. The molecule has 1 aliphatic carbocycles. The number of nitrogens with zero attached hydrogens (tertiary/aromatic N) is 1. The van der Waals surface area contributed by atoms with Gasteiger partial charge in [0, 0.05) is 20.1 Å². The number of ether oxygens (including phenoxy) is 1. The predicted molar refractivity (Wildman–Crippen MR) is 108 cm³/mol. The predicted octanol–water partition coefficient (Wildman–Crippen LogP) is 3.87. The summed E-state index contributed by atoms with van der Waals surface area (Å²) >= 11 is 0. The smallest absolute Gasteiger partial charge is 0.191 e. The van der Waals surface area contributed by atoms with Crippen molar-refractivity contribution in [3.8, 4) is 5.75 Å². The molecule has 1 saturated carbocycles. The molecule has 1 aliphatic rings. The summed E-state index contributed by atoms with van der Waals surface area (Å²) in [6.07, 6.45) is 5.28. The first-order valence-electron chi connectivity index (χ1n) is 8.20. The molecule has 0 aliphatic heterocycles. The Labute approximate surface area is 157 Å². The average Bonchev–Trinajstić information content (AvgIpc) is 2.50. The lowest BCUT2D eigenvalue weighted by Gasteiger charge is -2.41. The molecule has 0 atom stereocenters. The fraction of sp³-hybridized carbons (Fsp3) is 0.611. The summed E-state index contributed by atoms with van der Waals surface area (Å²) < 4.78 is 5.37. The Kier molecular flexibility index (Phi) is 8.16. The van der Waals surface area contributed by atoms with Gasteiger partial charge in [-0.15, -0.1) is 24.0 Å². The normalized spacial score (nSPS) is 16.1. The summed E-state index contributed by atoms with van der Waals surface area (Å²) in [6, 6.07) is 6.29. The van der Waals surface area contributed by atoms with Gasteiger partial charge in [-0.3, -0.25) is 4.99 Å². The lowest BCUT2D eigenvalue weighted by atomic mass is 9.67. The Hall–Kier alpha value is -0.980. The first-order valence-corrected chi connectivity index (χ1v) is 8.20. The van der Waals surface area contributed by atoms with E-state index < -0.39 is 0 Å². The second kappa shape index (κ2) is 9.35. The maximum absolute atomic E-state index is 5.37. The zero-order valence-electron chi connectivity index (χ0n) is 14.7. The van der Waals surface area contributed by atoms with Gasteiger partial charge in [0.2, 0.25) is 0 Å². The van der Waals surface area contributed by atoms with E-state index in [9.17, 15) is 0 Å². The molecular weight excluding hydrogens is 401 g/mol.